The number of aromatic nitrogens is 2. The first kappa shape index (κ1) is 12.1. The van der Waals surface area contributed by atoms with Crippen LogP contribution in [0.15, 0.2) is 6.33 Å². The van der Waals surface area contributed by atoms with Crippen molar-refractivity contribution in [2.45, 2.75) is 0 Å². The van der Waals surface area contributed by atoms with Crippen LogP contribution in [0.2, 0.25) is 0 Å². The summed E-state index contributed by atoms with van der Waals surface area (Å²) in [4.78, 5) is 26.8. The third-order valence-electron chi connectivity index (χ3n) is 2.71. The molecule has 1 saturated heterocycles. The maximum atomic E-state index is 11.3. The highest BCUT2D eigenvalue weighted by Gasteiger charge is 2.21. The molecule has 0 aliphatic carbocycles. The summed E-state index contributed by atoms with van der Waals surface area (Å²) in [5.74, 6) is 0.142. The highest BCUT2D eigenvalue weighted by molar-refractivity contribution is 5.76. The number of carbonyl (C=O) groups excluding carboxylic acids is 1. The molecule has 0 saturated carbocycles. The van der Waals surface area contributed by atoms with E-state index in [2.05, 4.69) is 15.6 Å². The number of amides is 2. The van der Waals surface area contributed by atoms with Gasteiger partial charge in [-0.25, -0.2) is 4.79 Å². The Balaban J connectivity index is 1.92. The minimum absolute atomic E-state index is 0.101. The molecular weight excluding hydrogens is 240 g/mol. The standard InChI is InChI=1S/C9H14N6O3/c1-13-6-12-8(15(17)18)7(13)10-2-4-14-5-3-11-9(14)16/h6,10H,2-5H2,1H3,(H,11,16). The van der Waals surface area contributed by atoms with Gasteiger partial charge < -0.3 is 25.6 Å². The Morgan fingerprint density at radius 1 is 1.67 bits per heavy atom. The predicted molar refractivity (Wildman–Crippen MR) is 63.3 cm³/mol. The zero-order chi connectivity index (χ0) is 13.1. The number of rotatable bonds is 5. The Morgan fingerprint density at radius 3 is 3.06 bits per heavy atom. The van der Waals surface area contributed by atoms with E-state index in [-0.39, 0.29) is 11.8 Å². The summed E-state index contributed by atoms with van der Waals surface area (Å²) < 4.78 is 1.54. The van der Waals surface area contributed by atoms with Gasteiger partial charge in [0.15, 0.2) is 0 Å². The second-order valence-corrected chi connectivity index (χ2v) is 3.93. The first-order valence-electron chi connectivity index (χ1n) is 5.52. The molecule has 9 nitrogen and oxygen atoms in total. The molecule has 18 heavy (non-hydrogen) atoms. The third kappa shape index (κ3) is 2.34. The first-order valence-corrected chi connectivity index (χ1v) is 5.52. The van der Waals surface area contributed by atoms with Crippen LogP contribution >= 0.6 is 0 Å². The summed E-state index contributed by atoms with van der Waals surface area (Å²) in [6.07, 6.45) is 1.38. The van der Waals surface area contributed by atoms with Gasteiger partial charge in [-0.1, -0.05) is 0 Å². The smallest absolute Gasteiger partial charge is 0.363 e. The fourth-order valence-corrected chi connectivity index (χ4v) is 1.79. The number of anilines is 1. The van der Waals surface area contributed by atoms with Crippen LogP contribution in [0.1, 0.15) is 0 Å². The Hall–Kier alpha value is -2.32. The van der Waals surface area contributed by atoms with Crippen LogP contribution in [0.25, 0.3) is 0 Å². The molecule has 0 spiro atoms. The fourth-order valence-electron chi connectivity index (χ4n) is 1.79. The van der Waals surface area contributed by atoms with Crippen molar-refractivity contribution in [2.75, 3.05) is 31.5 Å². The van der Waals surface area contributed by atoms with Crippen molar-refractivity contribution in [3.63, 3.8) is 0 Å². The quantitative estimate of drug-likeness (QED) is 0.557. The van der Waals surface area contributed by atoms with Crippen LogP contribution in [0.5, 0.6) is 0 Å². The van der Waals surface area contributed by atoms with Crippen LogP contribution < -0.4 is 10.6 Å². The molecule has 0 unspecified atom stereocenters. The highest BCUT2D eigenvalue weighted by atomic mass is 16.6. The van der Waals surface area contributed by atoms with Gasteiger partial charge in [-0.3, -0.25) is 4.57 Å². The average molecular weight is 254 g/mol. The molecule has 2 amide bonds. The van der Waals surface area contributed by atoms with Crippen LogP contribution in [0, 0.1) is 10.1 Å². The molecule has 0 bridgehead atoms. The van der Waals surface area contributed by atoms with Crippen LogP contribution in [0.4, 0.5) is 16.4 Å². The molecule has 0 atom stereocenters. The zero-order valence-electron chi connectivity index (χ0n) is 9.92. The van der Waals surface area contributed by atoms with Crippen LogP contribution in [-0.2, 0) is 7.05 Å². The fraction of sp³-hybridized carbons (Fsp3) is 0.556. The number of nitrogens with one attached hydrogen (secondary N) is 2. The van der Waals surface area contributed by atoms with E-state index in [1.807, 2.05) is 0 Å². The molecule has 1 aliphatic heterocycles. The number of nitrogens with zero attached hydrogens (tertiary/aromatic N) is 4. The number of hydrogen-bond acceptors (Lipinski definition) is 5. The molecule has 2 rings (SSSR count). The topological polar surface area (TPSA) is 105 Å². The molecule has 2 N–H and O–H groups in total. The minimum Gasteiger partial charge on any atom is -0.363 e. The Morgan fingerprint density at radius 2 is 2.44 bits per heavy atom. The number of hydrogen-bond donors (Lipinski definition) is 2. The number of imidazole rings is 1. The first-order chi connectivity index (χ1) is 8.59. The lowest BCUT2D eigenvalue weighted by atomic mass is 10.5. The van der Waals surface area contributed by atoms with Crippen molar-refractivity contribution in [1.29, 1.82) is 0 Å². The number of urea groups is 1. The van der Waals surface area contributed by atoms with E-state index in [1.54, 1.807) is 16.5 Å². The SMILES string of the molecule is Cn1cnc([N+](=O)[O-])c1NCCN1CCNC1=O. The molecule has 1 aromatic rings. The lowest BCUT2D eigenvalue weighted by Gasteiger charge is -2.14. The number of nitro groups is 1. The summed E-state index contributed by atoms with van der Waals surface area (Å²) >= 11 is 0. The van der Waals surface area contributed by atoms with Crippen molar-refractivity contribution in [3.8, 4) is 0 Å². The van der Waals surface area contributed by atoms with E-state index < -0.39 is 4.92 Å². The predicted octanol–water partition coefficient (Wildman–Crippen LogP) is -0.235. The van der Waals surface area contributed by atoms with Crippen molar-refractivity contribution in [3.05, 3.63) is 16.4 Å². The van der Waals surface area contributed by atoms with Crippen LogP contribution in [-0.4, -0.2) is 51.6 Å². The van der Waals surface area contributed by atoms with E-state index in [4.69, 9.17) is 0 Å². The summed E-state index contributed by atoms with van der Waals surface area (Å²) in [5, 5.41) is 16.3. The van der Waals surface area contributed by atoms with Gasteiger partial charge in [0.05, 0.1) is 0 Å². The highest BCUT2D eigenvalue weighted by Crippen LogP contribution is 2.20. The Bertz CT molecular complexity index is 471. The number of carbonyl (C=O) groups is 1. The van der Waals surface area contributed by atoms with E-state index in [0.29, 0.717) is 32.0 Å². The second-order valence-electron chi connectivity index (χ2n) is 3.93. The second kappa shape index (κ2) is 4.90. The zero-order valence-corrected chi connectivity index (χ0v) is 9.92. The Kier molecular flexibility index (Phi) is 3.31. The molecule has 98 valence electrons. The van der Waals surface area contributed by atoms with Crippen LogP contribution in [0.3, 0.4) is 0 Å². The van der Waals surface area contributed by atoms with E-state index >= 15 is 0 Å². The maximum absolute atomic E-state index is 11.3. The van der Waals surface area contributed by atoms with Gasteiger partial charge in [0.2, 0.25) is 12.1 Å². The molecule has 1 aromatic heterocycles. The lowest BCUT2D eigenvalue weighted by Crippen LogP contribution is -2.32. The molecule has 0 radical (unpaired) electrons. The third-order valence-corrected chi connectivity index (χ3v) is 2.71. The van der Waals surface area contributed by atoms with E-state index in [1.165, 1.54) is 6.33 Å². The number of aryl methyl sites for hydroxylation is 1. The van der Waals surface area contributed by atoms with Gasteiger partial charge in [-0.05, 0) is 9.91 Å². The molecular formula is C9H14N6O3. The molecule has 9 heteroatoms. The van der Waals surface area contributed by atoms with Crippen molar-refractivity contribution < 1.29 is 9.72 Å². The van der Waals surface area contributed by atoms with Gasteiger partial charge in [0.25, 0.3) is 0 Å². The minimum atomic E-state index is -0.537. The summed E-state index contributed by atoms with van der Waals surface area (Å²) in [6, 6.07) is -0.101. The largest absolute Gasteiger partial charge is 0.406 e. The van der Waals surface area contributed by atoms with Gasteiger partial charge >= 0.3 is 11.8 Å². The normalized spacial score (nSPS) is 14.7. The Labute approximate surface area is 103 Å². The van der Waals surface area contributed by atoms with Crippen molar-refractivity contribution in [1.82, 2.24) is 19.8 Å². The van der Waals surface area contributed by atoms with Crippen molar-refractivity contribution in [2.24, 2.45) is 7.05 Å². The molecule has 1 fully saturated rings. The van der Waals surface area contributed by atoms with E-state index in [9.17, 15) is 14.9 Å². The monoisotopic (exact) mass is 254 g/mol. The average Bonchev–Trinajstić information content (AvgIpc) is 2.87. The van der Waals surface area contributed by atoms with Crippen molar-refractivity contribution >= 4 is 17.7 Å². The molecule has 0 aromatic carbocycles. The molecule has 1 aliphatic rings. The van der Waals surface area contributed by atoms with Gasteiger partial charge in [0.1, 0.15) is 0 Å². The summed E-state index contributed by atoms with van der Waals surface area (Å²) in [5.41, 5.74) is 0. The summed E-state index contributed by atoms with van der Waals surface area (Å²) in [6.45, 7) is 2.24. The summed E-state index contributed by atoms with van der Waals surface area (Å²) in [7, 11) is 1.67. The molecule has 2 heterocycles. The van der Waals surface area contributed by atoms with Gasteiger partial charge in [-0.15, -0.1) is 0 Å². The van der Waals surface area contributed by atoms with E-state index in [0.717, 1.165) is 0 Å². The lowest BCUT2D eigenvalue weighted by molar-refractivity contribution is -0.388. The van der Waals surface area contributed by atoms with Gasteiger partial charge in [-0.2, -0.15) is 0 Å². The van der Waals surface area contributed by atoms with Gasteiger partial charge in [0, 0.05) is 33.2 Å². The maximum Gasteiger partial charge on any atom is 0.406 e.